The van der Waals surface area contributed by atoms with E-state index in [-0.39, 0.29) is 17.1 Å². The van der Waals surface area contributed by atoms with E-state index in [9.17, 15) is 14.4 Å². The highest BCUT2D eigenvalue weighted by Crippen LogP contribution is 2.22. The molecule has 6 nitrogen and oxygen atoms in total. The van der Waals surface area contributed by atoms with Crippen LogP contribution in [0.3, 0.4) is 0 Å². The van der Waals surface area contributed by atoms with Crippen LogP contribution in [-0.2, 0) is 4.79 Å². The molecule has 0 saturated heterocycles. The maximum atomic E-state index is 12.1. The SMILES string of the molecule is CN(C)C(=O)Sc1ccc(NC(=O)/C=C/c2ccc(C(=O)NC3CC3)cc2)cc1. The zero-order valence-corrected chi connectivity index (χ0v) is 17.2. The topological polar surface area (TPSA) is 78.5 Å². The molecular formula is C22H23N3O3S. The van der Waals surface area contributed by atoms with Crippen LogP contribution in [0.5, 0.6) is 0 Å². The zero-order valence-electron chi connectivity index (χ0n) is 16.3. The van der Waals surface area contributed by atoms with Gasteiger partial charge in [0.2, 0.25) is 5.91 Å². The van der Waals surface area contributed by atoms with Crippen molar-refractivity contribution in [3.63, 3.8) is 0 Å². The van der Waals surface area contributed by atoms with Gasteiger partial charge in [-0.15, -0.1) is 0 Å². The van der Waals surface area contributed by atoms with Gasteiger partial charge in [-0.3, -0.25) is 14.4 Å². The van der Waals surface area contributed by atoms with Gasteiger partial charge in [-0.25, -0.2) is 0 Å². The fraction of sp³-hybridized carbons (Fsp3) is 0.227. The van der Waals surface area contributed by atoms with Gasteiger partial charge in [0.05, 0.1) is 0 Å². The molecule has 0 bridgehead atoms. The van der Waals surface area contributed by atoms with E-state index >= 15 is 0 Å². The Bertz CT molecular complexity index is 917. The van der Waals surface area contributed by atoms with Gasteiger partial charge < -0.3 is 15.5 Å². The van der Waals surface area contributed by atoms with Gasteiger partial charge in [0, 0.05) is 42.4 Å². The number of benzene rings is 2. The average Bonchev–Trinajstić information content (AvgIpc) is 3.52. The molecule has 0 unspecified atom stereocenters. The number of anilines is 1. The van der Waals surface area contributed by atoms with E-state index in [4.69, 9.17) is 0 Å². The maximum absolute atomic E-state index is 12.1. The lowest BCUT2D eigenvalue weighted by Gasteiger charge is -2.09. The third-order valence-electron chi connectivity index (χ3n) is 4.20. The van der Waals surface area contributed by atoms with Crippen molar-refractivity contribution < 1.29 is 14.4 Å². The Morgan fingerprint density at radius 3 is 2.24 bits per heavy atom. The van der Waals surface area contributed by atoms with Gasteiger partial charge in [-0.05, 0) is 72.6 Å². The molecule has 0 aliphatic heterocycles. The van der Waals surface area contributed by atoms with E-state index < -0.39 is 0 Å². The first-order chi connectivity index (χ1) is 13.9. The van der Waals surface area contributed by atoms with Gasteiger partial charge in [0.25, 0.3) is 11.1 Å². The predicted molar refractivity (Wildman–Crippen MR) is 116 cm³/mol. The van der Waals surface area contributed by atoms with E-state index in [1.54, 1.807) is 68.7 Å². The summed E-state index contributed by atoms with van der Waals surface area (Å²) in [5.74, 6) is -0.319. The van der Waals surface area contributed by atoms with E-state index in [2.05, 4.69) is 10.6 Å². The Morgan fingerprint density at radius 2 is 1.66 bits per heavy atom. The third-order valence-corrected chi connectivity index (χ3v) is 5.25. The van der Waals surface area contributed by atoms with Crippen molar-refractivity contribution in [1.82, 2.24) is 10.2 Å². The summed E-state index contributed by atoms with van der Waals surface area (Å²) < 4.78 is 0. The van der Waals surface area contributed by atoms with Crippen molar-refractivity contribution in [3.8, 4) is 0 Å². The minimum Gasteiger partial charge on any atom is -0.349 e. The normalized spacial score (nSPS) is 13.2. The second-order valence-corrected chi connectivity index (χ2v) is 8.00. The van der Waals surface area contributed by atoms with Crippen molar-refractivity contribution in [3.05, 3.63) is 65.7 Å². The van der Waals surface area contributed by atoms with Crippen LogP contribution in [0.1, 0.15) is 28.8 Å². The Balaban J connectivity index is 1.51. The van der Waals surface area contributed by atoms with Crippen molar-refractivity contribution in [2.45, 2.75) is 23.8 Å². The van der Waals surface area contributed by atoms with E-state index in [1.165, 1.54) is 11.0 Å². The predicted octanol–water partition coefficient (Wildman–Crippen LogP) is 4.00. The molecule has 3 amide bonds. The van der Waals surface area contributed by atoms with Gasteiger partial charge in [-0.2, -0.15) is 0 Å². The molecule has 0 atom stereocenters. The number of nitrogens with one attached hydrogen (secondary N) is 2. The molecule has 1 aliphatic rings. The summed E-state index contributed by atoms with van der Waals surface area (Å²) in [6, 6.07) is 14.5. The quantitative estimate of drug-likeness (QED) is 0.558. The summed E-state index contributed by atoms with van der Waals surface area (Å²) in [4.78, 5) is 38.1. The number of amides is 3. The standard InChI is InChI=1S/C22H23N3O3S/c1-25(2)22(28)29-19-12-10-17(11-13-19)23-20(26)14-5-15-3-6-16(7-4-15)21(27)24-18-8-9-18/h3-7,10-14,18H,8-9H2,1-2H3,(H,23,26)(H,24,27)/b14-5+. The molecule has 1 saturated carbocycles. The first-order valence-electron chi connectivity index (χ1n) is 9.30. The monoisotopic (exact) mass is 409 g/mol. The van der Waals surface area contributed by atoms with Crippen LogP contribution in [-0.4, -0.2) is 42.1 Å². The molecule has 2 N–H and O–H groups in total. The summed E-state index contributed by atoms with van der Waals surface area (Å²) in [5, 5.41) is 5.67. The minimum atomic E-state index is -0.259. The summed E-state index contributed by atoms with van der Waals surface area (Å²) in [7, 11) is 3.40. The summed E-state index contributed by atoms with van der Waals surface area (Å²) in [6.07, 6.45) is 5.24. The molecule has 7 heteroatoms. The minimum absolute atomic E-state index is 0.0549. The zero-order chi connectivity index (χ0) is 20.8. The highest BCUT2D eigenvalue weighted by atomic mass is 32.2. The molecule has 2 aromatic carbocycles. The molecule has 0 spiro atoms. The highest BCUT2D eigenvalue weighted by molar-refractivity contribution is 8.13. The van der Waals surface area contributed by atoms with Gasteiger partial charge >= 0.3 is 0 Å². The maximum Gasteiger partial charge on any atom is 0.285 e. The molecule has 1 fully saturated rings. The number of carbonyl (C=O) groups excluding carboxylic acids is 3. The molecule has 2 aromatic rings. The van der Waals surface area contributed by atoms with Crippen molar-refractivity contribution in [2.24, 2.45) is 0 Å². The van der Waals surface area contributed by atoms with Crippen LogP contribution in [0.4, 0.5) is 10.5 Å². The molecule has 0 heterocycles. The fourth-order valence-corrected chi connectivity index (χ4v) is 3.05. The Morgan fingerprint density at radius 1 is 1.00 bits per heavy atom. The fourth-order valence-electron chi connectivity index (χ4n) is 2.40. The van der Waals surface area contributed by atoms with Crippen LogP contribution in [0.15, 0.2) is 59.5 Å². The van der Waals surface area contributed by atoms with Crippen molar-refractivity contribution >= 4 is 40.6 Å². The van der Waals surface area contributed by atoms with Gasteiger partial charge in [0.15, 0.2) is 0 Å². The second kappa shape index (κ2) is 9.43. The molecule has 150 valence electrons. The first-order valence-corrected chi connectivity index (χ1v) is 10.1. The summed E-state index contributed by atoms with van der Waals surface area (Å²) >= 11 is 1.13. The van der Waals surface area contributed by atoms with Gasteiger partial charge in [-0.1, -0.05) is 12.1 Å². The summed E-state index contributed by atoms with van der Waals surface area (Å²) in [6.45, 7) is 0. The number of hydrogen-bond donors (Lipinski definition) is 2. The average molecular weight is 410 g/mol. The van der Waals surface area contributed by atoms with E-state index in [0.29, 0.717) is 17.3 Å². The van der Waals surface area contributed by atoms with Crippen molar-refractivity contribution in [1.29, 1.82) is 0 Å². The lowest BCUT2D eigenvalue weighted by atomic mass is 10.1. The first kappa shape index (κ1) is 20.7. The molecular weight excluding hydrogens is 386 g/mol. The number of hydrogen-bond acceptors (Lipinski definition) is 4. The summed E-state index contributed by atoms with van der Waals surface area (Å²) in [5.41, 5.74) is 2.09. The molecule has 0 radical (unpaired) electrons. The van der Waals surface area contributed by atoms with E-state index in [0.717, 1.165) is 35.1 Å². The van der Waals surface area contributed by atoms with Gasteiger partial charge in [0.1, 0.15) is 0 Å². The Labute approximate surface area is 174 Å². The van der Waals surface area contributed by atoms with E-state index in [1.807, 2.05) is 0 Å². The third kappa shape index (κ3) is 6.50. The largest absolute Gasteiger partial charge is 0.349 e. The van der Waals surface area contributed by atoms with Crippen LogP contribution in [0.25, 0.3) is 6.08 Å². The van der Waals surface area contributed by atoms with Crippen LogP contribution >= 0.6 is 11.8 Å². The number of rotatable bonds is 6. The number of nitrogens with zero attached hydrogens (tertiary/aromatic N) is 1. The Hall–Kier alpha value is -3.06. The smallest absolute Gasteiger partial charge is 0.285 e. The van der Waals surface area contributed by atoms with Crippen LogP contribution in [0.2, 0.25) is 0 Å². The lowest BCUT2D eigenvalue weighted by molar-refractivity contribution is -0.111. The van der Waals surface area contributed by atoms with Crippen LogP contribution < -0.4 is 10.6 Å². The molecule has 29 heavy (non-hydrogen) atoms. The number of carbonyl (C=O) groups is 3. The molecule has 0 aromatic heterocycles. The lowest BCUT2D eigenvalue weighted by Crippen LogP contribution is -2.25. The molecule has 1 aliphatic carbocycles. The highest BCUT2D eigenvalue weighted by Gasteiger charge is 2.23. The van der Waals surface area contributed by atoms with Crippen LogP contribution in [0, 0.1) is 0 Å². The second-order valence-electron chi connectivity index (χ2n) is 6.98. The Kier molecular flexibility index (Phi) is 6.72. The number of thioether (sulfide) groups is 1. The molecule has 3 rings (SSSR count). The van der Waals surface area contributed by atoms with Crippen molar-refractivity contribution in [2.75, 3.05) is 19.4 Å².